The molecule has 1 aliphatic heterocycles. The molecule has 1 aromatic carbocycles. The number of methoxy groups -OCH3 is 1. The van der Waals surface area contributed by atoms with Crippen LogP contribution in [0, 0.1) is 0 Å². The van der Waals surface area contributed by atoms with Crippen LogP contribution in [-0.2, 0) is 4.79 Å². The summed E-state index contributed by atoms with van der Waals surface area (Å²) in [6.07, 6.45) is 1.51. The van der Waals surface area contributed by atoms with Crippen LogP contribution >= 0.6 is 0 Å². The molecule has 0 aromatic heterocycles. The number of nitrogen functional groups attached to an aromatic ring is 1. The lowest BCUT2D eigenvalue weighted by Gasteiger charge is -2.19. The van der Waals surface area contributed by atoms with Crippen molar-refractivity contribution in [3.63, 3.8) is 0 Å². The van der Waals surface area contributed by atoms with Crippen LogP contribution in [-0.4, -0.2) is 19.6 Å². The van der Waals surface area contributed by atoms with Crippen molar-refractivity contribution < 1.29 is 9.53 Å². The second kappa shape index (κ2) is 3.81. The Morgan fingerprint density at radius 3 is 2.87 bits per heavy atom. The summed E-state index contributed by atoms with van der Waals surface area (Å²) in [6, 6.07) is 5.48. The maximum atomic E-state index is 11.6. The summed E-state index contributed by atoms with van der Waals surface area (Å²) in [5, 5.41) is 0. The summed E-state index contributed by atoms with van der Waals surface area (Å²) in [5.74, 6) is 0.752. The monoisotopic (exact) mass is 206 g/mol. The molecule has 1 fully saturated rings. The van der Waals surface area contributed by atoms with Gasteiger partial charge in [0.25, 0.3) is 0 Å². The lowest BCUT2D eigenvalue weighted by Crippen LogP contribution is -2.24. The average molecular weight is 206 g/mol. The smallest absolute Gasteiger partial charge is 0.227 e. The number of para-hydroxylation sites is 1. The third-order valence-electron chi connectivity index (χ3n) is 2.63. The second-order valence-corrected chi connectivity index (χ2v) is 3.54. The van der Waals surface area contributed by atoms with Crippen molar-refractivity contribution >= 4 is 17.3 Å². The van der Waals surface area contributed by atoms with Crippen LogP contribution in [0.5, 0.6) is 5.75 Å². The molecule has 1 aliphatic rings. The third-order valence-corrected chi connectivity index (χ3v) is 2.63. The molecule has 0 bridgehead atoms. The molecule has 1 saturated heterocycles. The molecule has 15 heavy (non-hydrogen) atoms. The van der Waals surface area contributed by atoms with Crippen LogP contribution in [0.15, 0.2) is 18.2 Å². The highest BCUT2D eigenvalue weighted by Crippen LogP contribution is 2.33. The van der Waals surface area contributed by atoms with Crippen LogP contribution in [0.1, 0.15) is 12.8 Å². The van der Waals surface area contributed by atoms with Crippen molar-refractivity contribution in [1.82, 2.24) is 0 Å². The third kappa shape index (κ3) is 1.63. The topological polar surface area (TPSA) is 55.6 Å². The first-order chi connectivity index (χ1) is 7.24. The molecule has 0 atom stereocenters. The van der Waals surface area contributed by atoms with Crippen molar-refractivity contribution in [2.75, 3.05) is 24.3 Å². The number of benzene rings is 1. The molecule has 1 aromatic rings. The predicted molar refractivity (Wildman–Crippen MR) is 59.0 cm³/mol. The van der Waals surface area contributed by atoms with Gasteiger partial charge in [0.2, 0.25) is 5.91 Å². The SMILES string of the molecule is COc1cccc(N2CCCC2=O)c1N. The lowest BCUT2D eigenvalue weighted by molar-refractivity contribution is -0.117. The van der Waals surface area contributed by atoms with Crippen LogP contribution in [0.25, 0.3) is 0 Å². The highest BCUT2D eigenvalue weighted by molar-refractivity contribution is 5.98. The highest BCUT2D eigenvalue weighted by Gasteiger charge is 2.24. The van der Waals surface area contributed by atoms with E-state index >= 15 is 0 Å². The van der Waals surface area contributed by atoms with E-state index in [1.807, 2.05) is 12.1 Å². The van der Waals surface area contributed by atoms with Gasteiger partial charge in [-0.2, -0.15) is 0 Å². The Morgan fingerprint density at radius 2 is 2.27 bits per heavy atom. The number of hydrogen-bond acceptors (Lipinski definition) is 3. The summed E-state index contributed by atoms with van der Waals surface area (Å²) in [5.41, 5.74) is 7.22. The Hall–Kier alpha value is -1.71. The van der Waals surface area contributed by atoms with Crippen molar-refractivity contribution in [1.29, 1.82) is 0 Å². The van der Waals surface area contributed by atoms with Gasteiger partial charge in [-0.1, -0.05) is 6.07 Å². The number of carbonyl (C=O) groups excluding carboxylic acids is 1. The van der Waals surface area contributed by atoms with Crippen LogP contribution in [0.2, 0.25) is 0 Å². The van der Waals surface area contributed by atoms with Crippen LogP contribution < -0.4 is 15.4 Å². The summed E-state index contributed by atoms with van der Waals surface area (Å²) in [6.45, 7) is 0.746. The Kier molecular flexibility index (Phi) is 2.49. The van der Waals surface area contributed by atoms with Crippen LogP contribution in [0.3, 0.4) is 0 Å². The van der Waals surface area contributed by atoms with Crippen molar-refractivity contribution in [2.24, 2.45) is 0 Å². The molecule has 80 valence electrons. The van der Waals surface area contributed by atoms with E-state index in [1.165, 1.54) is 0 Å². The lowest BCUT2D eigenvalue weighted by atomic mass is 10.2. The molecular weight excluding hydrogens is 192 g/mol. The molecule has 0 unspecified atom stereocenters. The Labute approximate surface area is 88.6 Å². The van der Waals surface area contributed by atoms with E-state index in [4.69, 9.17) is 10.5 Å². The zero-order valence-corrected chi connectivity index (χ0v) is 8.69. The van der Waals surface area contributed by atoms with Gasteiger partial charge in [0, 0.05) is 13.0 Å². The fourth-order valence-electron chi connectivity index (χ4n) is 1.85. The van der Waals surface area contributed by atoms with E-state index in [2.05, 4.69) is 0 Å². The molecular formula is C11H14N2O2. The minimum Gasteiger partial charge on any atom is -0.495 e. The number of anilines is 2. The van der Waals surface area contributed by atoms with E-state index in [-0.39, 0.29) is 5.91 Å². The minimum absolute atomic E-state index is 0.134. The number of hydrogen-bond donors (Lipinski definition) is 1. The first kappa shape index (κ1) is 9.83. The molecule has 4 heteroatoms. The summed E-state index contributed by atoms with van der Waals surface area (Å²) >= 11 is 0. The maximum absolute atomic E-state index is 11.6. The standard InChI is InChI=1S/C11H14N2O2/c1-15-9-5-2-4-8(11(9)12)13-7-3-6-10(13)14/h2,4-5H,3,6-7,12H2,1H3. The summed E-state index contributed by atoms with van der Waals surface area (Å²) in [7, 11) is 1.57. The number of carbonyl (C=O) groups is 1. The molecule has 0 saturated carbocycles. The number of nitrogens with zero attached hydrogens (tertiary/aromatic N) is 1. The van der Waals surface area contributed by atoms with Crippen molar-refractivity contribution in [3.8, 4) is 5.75 Å². The zero-order chi connectivity index (χ0) is 10.8. The van der Waals surface area contributed by atoms with Gasteiger partial charge in [0.15, 0.2) is 0 Å². The van der Waals surface area contributed by atoms with Gasteiger partial charge >= 0.3 is 0 Å². The number of rotatable bonds is 2. The van der Waals surface area contributed by atoms with Crippen molar-refractivity contribution in [3.05, 3.63) is 18.2 Å². The molecule has 0 aliphatic carbocycles. The van der Waals surface area contributed by atoms with Crippen LogP contribution in [0.4, 0.5) is 11.4 Å². The van der Waals surface area contributed by atoms with E-state index in [1.54, 1.807) is 18.1 Å². The van der Waals surface area contributed by atoms with Gasteiger partial charge in [-0.15, -0.1) is 0 Å². The molecule has 4 nitrogen and oxygen atoms in total. The van der Waals surface area contributed by atoms with Gasteiger partial charge in [-0.25, -0.2) is 0 Å². The van der Waals surface area contributed by atoms with Gasteiger partial charge in [-0.05, 0) is 18.6 Å². The average Bonchev–Trinajstić information content (AvgIpc) is 2.65. The second-order valence-electron chi connectivity index (χ2n) is 3.54. The molecule has 0 spiro atoms. The first-order valence-corrected chi connectivity index (χ1v) is 4.97. The number of amides is 1. The Balaban J connectivity index is 2.39. The Bertz CT molecular complexity index is 390. The summed E-state index contributed by atoms with van der Waals surface area (Å²) < 4.78 is 5.12. The zero-order valence-electron chi connectivity index (χ0n) is 8.69. The molecule has 1 heterocycles. The van der Waals surface area contributed by atoms with Gasteiger partial charge in [0.1, 0.15) is 5.75 Å². The fourth-order valence-corrected chi connectivity index (χ4v) is 1.85. The van der Waals surface area contributed by atoms with E-state index in [0.29, 0.717) is 17.9 Å². The van der Waals surface area contributed by atoms with Crippen molar-refractivity contribution in [2.45, 2.75) is 12.8 Å². The highest BCUT2D eigenvalue weighted by atomic mass is 16.5. The van der Waals surface area contributed by atoms with E-state index in [9.17, 15) is 4.79 Å². The molecule has 1 amide bonds. The number of nitrogens with two attached hydrogens (primary N) is 1. The predicted octanol–water partition coefficient (Wildman–Crippen LogP) is 1.40. The molecule has 0 radical (unpaired) electrons. The summed E-state index contributed by atoms with van der Waals surface area (Å²) in [4.78, 5) is 13.3. The minimum atomic E-state index is 0.134. The molecule has 2 rings (SSSR count). The van der Waals surface area contributed by atoms with Gasteiger partial charge in [0.05, 0.1) is 18.5 Å². The fraction of sp³-hybridized carbons (Fsp3) is 0.364. The van der Waals surface area contributed by atoms with E-state index in [0.717, 1.165) is 18.7 Å². The Morgan fingerprint density at radius 1 is 1.47 bits per heavy atom. The van der Waals surface area contributed by atoms with Gasteiger partial charge in [-0.3, -0.25) is 4.79 Å². The largest absolute Gasteiger partial charge is 0.495 e. The molecule has 2 N–H and O–H groups in total. The van der Waals surface area contributed by atoms with E-state index < -0.39 is 0 Å². The van der Waals surface area contributed by atoms with Gasteiger partial charge < -0.3 is 15.4 Å². The maximum Gasteiger partial charge on any atom is 0.227 e. The quantitative estimate of drug-likeness (QED) is 0.744. The first-order valence-electron chi connectivity index (χ1n) is 4.97. The number of ether oxygens (including phenoxy) is 1. The normalized spacial score (nSPS) is 15.8.